The van der Waals surface area contributed by atoms with Crippen molar-refractivity contribution < 1.29 is 18.4 Å². The maximum Gasteiger partial charge on any atom is 0.257 e. The van der Waals surface area contributed by atoms with Crippen molar-refractivity contribution in [2.24, 2.45) is 0 Å². The van der Waals surface area contributed by atoms with Gasteiger partial charge < -0.3 is 14.6 Å². The fourth-order valence-electron chi connectivity index (χ4n) is 3.33. The first-order valence-corrected chi connectivity index (χ1v) is 9.71. The molecule has 4 rings (SSSR count). The number of amides is 2. The summed E-state index contributed by atoms with van der Waals surface area (Å²) in [6, 6.07) is 17.3. The Morgan fingerprint density at radius 2 is 1.83 bits per heavy atom. The first kappa shape index (κ1) is 19.8. The number of furan rings is 1. The van der Waals surface area contributed by atoms with Gasteiger partial charge in [0.2, 0.25) is 5.91 Å². The highest BCUT2D eigenvalue weighted by atomic mass is 32.1. The van der Waals surface area contributed by atoms with Gasteiger partial charge in [-0.25, -0.2) is 9.29 Å². The number of nitrogens with zero attached hydrogens (tertiary/aromatic N) is 2. The Labute approximate surface area is 177 Å². The second-order valence-electron chi connectivity index (χ2n) is 6.77. The maximum atomic E-state index is 13.3. The van der Waals surface area contributed by atoms with E-state index < -0.39 is 17.8 Å². The number of imide groups is 1. The monoisotopic (exact) mass is 423 g/mol. The van der Waals surface area contributed by atoms with Crippen molar-refractivity contribution in [2.45, 2.75) is 19.0 Å². The highest BCUT2D eigenvalue weighted by Crippen LogP contribution is 2.27. The highest BCUT2D eigenvalue weighted by Gasteiger charge is 2.43. The predicted octanol–water partition coefficient (Wildman–Crippen LogP) is 3.95. The Hall–Kier alpha value is -3.52. The average molecular weight is 423 g/mol. The number of benzene rings is 2. The Morgan fingerprint density at radius 3 is 2.50 bits per heavy atom. The van der Waals surface area contributed by atoms with Crippen LogP contribution in [0.2, 0.25) is 0 Å². The molecular weight excluding hydrogens is 405 g/mol. The molecule has 0 bridgehead atoms. The summed E-state index contributed by atoms with van der Waals surface area (Å²) in [7, 11) is 0. The quantitative estimate of drug-likeness (QED) is 0.495. The summed E-state index contributed by atoms with van der Waals surface area (Å²) >= 11 is 5.57. The lowest BCUT2D eigenvalue weighted by molar-refractivity contribution is -0.122. The van der Waals surface area contributed by atoms with E-state index in [-0.39, 0.29) is 18.9 Å². The number of hydrogen-bond acceptors (Lipinski definition) is 4. The van der Waals surface area contributed by atoms with E-state index in [0.29, 0.717) is 16.6 Å². The van der Waals surface area contributed by atoms with Crippen LogP contribution in [0.5, 0.6) is 0 Å². The van der Waals surface area contributed by atoms with Gasteiger partial charge in [-0.05, 0) is 60.7 Å². The molecule has 2 amide bonds. The number of rotatable bonds is 5. The molecular formula is C22H18FN3O3S. The molecule has 3 aromatic rings. The van der Waals surface area contributed by atoms with E-state index in [9.17, 15) is 14.0 Å². The van der Waals surface area contributed by atoms with Crippen LogP contribution in [0, 0.1) is 5.82 Å². The van der Waals surface area contributed by atoms with E-state index in [0.717, 1.165) is 10.6 Å². The summed E-state index contributed by atoms with van der Waals surface area (Å²) < 4.78 is 18.7. The Balaban J connectivity index is 1.61. The van der Waals surface area contributed by atoms with Gasteiger partial charge in [0.15, 0.2) is 5.11 Å². The fourth-order valence-corrected chi connectivity index (χ4v) is 3.64. The standard InChI is InChI=1S/C22H18FN3O3S/c23-15-8-10-17(11-9-15)26-20(27)13-19(21(26)28)25(14-18-7-4-12-29-18)22(30)24-16-5-2-1-3-6-16/h1-12,19H,13-14H2,(H,24,30)/t19-/m0/s1. The summed E-state index contributed by atoms with van der Waals surface area (Å²) in [6.45, 7) is 0.215. The van der Waals surface area contributed by atoms with Crippen molar-refractivity contribution in [3.05, 3.63) is 84.6 Å². The van der Waals surface area contributed by atoms with Crippen LogP contribution >= 0.6 is 12.2 Å². The van der Waals surface area contributed by atoms with Gasteiger partial charge in [0.1, 0.15) is 17.6 Å². The highest BCUT2D eigenvalue weighted by molar-refractivity contribution is 7.80. The molecule has 1 aromatic heterocycles. The summed E-state index contributed by atoms with van der Waals surface area (Å²) in [5.74, 6) is -0.631. The fraction of sp³-hybridized carbons (Fsp3) is 0.136. The lowest BCUT2D eigenvalue weighted by Gasteiger charge is -2.29. The van der Waals surface area contributed by atoms with Gasteiger partial charge >= 0.3 is 0 Å². The molecule has 8 heteroatoms. The SMILES string of the molecule is O=C1C[C@H](N(Cc2ccco2)C(=S)Nc2ccccc2)C(=O)N1c1ccc(F)cc1. The van der Waals surface area contributed by atoms with Gasteiger partial charge in [-0.2, -0.15) is 0 Å². The molecule has 1 aliphatic rings. The number of carbonyl (C=O) groups excluding carboxylic acids is 2. The molecule has 0 radical (unpaired) electrons. The third-order valence-corrected chi connectivity index (χ3v) is 5.11. The Morgan fingerprint density at radius 1 is 1.10 bits per heavy atom. The largest absolute Gasteiger partial charge is 0.467 e. The Bertz CT molecular complexity index is 1060. The first-order valence-electron chi connectivity index (χ1n) is 9.30. The second kappa shape index (κ2) is 8.46. The average Bonchev–Trinajstić information content (AvgIpc) is 3.35. The van der Waals surface area contributed by atoms with Crippen molar-refractivity contribution in [3.63, 3.8) is 0 Å². The van der Waals surface area contributed by atoms with Gasteiger partial charge in [-0.3, -0.25) is 9.59 Å². The van der Waals surface area contributed by atoms with Crippen LogP contribution in [0.4, 0.5) is 15.8 Å². The van der Waals surface area contributed by atoms with Crippen LogP contribution in [-0.2, 0) is 16.1 Å². The molecule has 1 saturated heterocycles. The molecule has 2 heterocycles. The van der Waals surface area contributed by atoms with E-state index in [1.165, 1.54) is 30.5 Å². The number of para-hydroxylation sites is 1. The van der Waals surface area contributed by atoms with Crippen LogP contribution in [0.25, 0.3) is 0 Å². The first-order chi connectivity index (χ1) is 14.5. The third kappa shape index (κ3) is 4.08. The van der Waals surface area contributed by atoms with E-state index in [4.69, 9.17) is 16.6 Å². The van der Waals surface area contributed by atoms with Crippen LogP contribution in [0.1, 0.15) is 12.2 Å². The van der Waals surface area contributed by atoms with Crippen molar-refractivity contribution in [3.8, 4) is 0 Å². The minimum atomic E-state index is -0.809. The van der Waals surface area contributed by atoms with E-state index >= 15 is 0 Å². The molecule has 1 fully saturated rings. The summed E-state index contributed by atoms with van der Waals surface area (Å²) in [4.78, 5) is 28.6. The normalized spacial score (nSPS) is 16.0. The molecule has 0 unspecified atom stereocenters. The summed E-state index contributed by atoms with van der Waals surface area (Å²) in [5.41, 5.74) is 1.09. The van der Waals surface area contributed by atoms with Gasteiger partial charge in [0.05, 0.1) is 24.9 Å². The van der Waals surface area contributed by atoms with Gasteiger partial charge in [0.25, 0.3) is 5.91 Å². The lowest BCUT2D eigenvalue weighted by atomic mass is 10.2. The van der Waals surface area contributed by atoms with Gasteiger partial charge in [-0.1, -0.05) is 18.2 Å². The molecule has 1 N–H and O–H groups in total. The molecule has 6 nitrogen and oxygen atoms in total. The van der Waals surface area contributed by atoms with Gasteiger partial charge in [0, 0.05) is 5.69 Å². The minimum Gasteiger partial charge on any atom is -0.467 e. The number of anilines is 2. The van der Waals surface area contributed by atoms with Crippen molar-refractivity contribution in [1.82, 2.24) is 4.90 Å². The van der Waals surface area contributed by atoms with Crippen molar-refractivity contribution in [1.29, 1.82) is 0 Å². The molecule has 152 valence electrons. The topological polar surface area (TPSA) is 65.8 Å². The molecule has 1 aliphatic heterocycles. The molecule has 0 aliphatic carbocycles. The predicted molar refractivity (Wildman–Crippen MR) is 114 cm³/mol. The molecule has 0 saturated carbocycles. The number of halogens is 1. The number of hydrogen-bond donors (Lipinski definition) is 1. The third-order valence-electron chi connectivity index (χ3n) is 4.78. The zero-order valence-corrected chi connectivity index (χ0v) is 16.6. The second-order valence-corrected chi connectivity index (χ2v) is 7.15. The maximum absolute atomic E-state index is 13.3. The van der Waals surface area contributed by atoms with Crippen LogP contribution in [0.3, 0.4) is 0 Å². The molecule has 2 aromatic carbocycles. The minimum absolute atomic E-state index is 0.0481. The Kier molecular flexibility index (Phi) is 5.58. The van der Waals surface area contributed by atoms with E-state index in [1.54, 1.807) is 17.0 Å². The number of carbonyl (C=O) groups is 2. The van der Waals surface area contributed by atoms with Crippen molar-refractivity contribution in [2.75, 3.05) is 10.2 Å². The van der Waals surface area contributed by atoms with Crippen molar-refractivity contribution >= 4 is 40.5 Å². The van der Waals surface area contributed by atoms with Crippen LogP contribution in [-0.4, -0.2) is 27.9 Å². The summed E-state index contributed by atoms with van der Waals surface area (Å²) in [5, 5.41) is 3.41. The van der Waals surface area contributed by atoms with E-state index in [2.05, 4.69) is 5.32 Å². The summed E-state index contributed by atoms with van der Waals surface area (Å²) in [6.07, 6.45) is 1.49. The zero-order valence-electron chi connectivity index (χ0n) is 15.8. The molecule has 0 spiro atoms. The zero-order chi connectivity index (χ0) is 21.1. The number of thiocarbonyl (C=S) groups is 1. The molecule has 30 heavy (non-hydrogen) atoms. The smallest absolute Gasteiger partial charge is 0.257 e. The van der Waals surface area contributed by atoms with E-state index in [1.807, 2.05) is 30.3 Å². The lowest BCUT2D eigenvalue weighted by Crippen LogP contribution is -2.46. The molecule has 1 atom stereocenters. The van der Waals surface area contributed by atoms with Crippen LogP contribution in [0.15, 0.2) is 77.4 Å². The van der Waals surface area contributed by atoms with Gasteiger partial charge in [-0.15, -0.1) is 0 Å². The van der Waals surface area contributed by atoms with Crippen LogP contribution < -0.4 is 10.2 Å². The number of nitrogens with one attached hydrogen (secondary N) is 1.